The average molecular weight is 277 g/mol. The van der Waals surface area contributed by atoms with Crippen LogP contribution in [-0.2, 0) is 19.5 Å². The summed E-state index contributed by atoms with van der Waals surface area (Å²) in [6, 6.07) is 4.66. The van der Waals surface area contributed by atoms with E-state index in [1.807, 2.05) is 10.9 Å². The van der Waals surface area contributed by atoms with E-state index in [9.17, 15) is 0 Å². The van der Waals surface area contributed by atoms with E-state index in [0.717, 1.165) is 13.0 Å². The van der Waals surface area contributed by atoms with Crippen molar-refractivity contribution in [1.29, 1.82) is 0 Å². The maximum absolute atomic E-state index is 9.06. The predicted octanol–water partition coefficient (Wildman–Crippen LogP) is 2.10. The molecule has 2 aromatic rings. The first-order valence-electron chi connectivity index (χ1n) is 6.79. The Labute approximate surface area is 117 Å². The van der Waals surface area contributed by atoms with Crippen LogP contribution in [0.15, 0.2) is 23.7 Å². The fraction of sp³-hybridized carbons (Fsp3) is 0.500. The summed E-state index contributed by atoms with van der Waals surface area (Å²) >= 11 is 1.79. The van der Waals surface area contributed by atoms with Crippen LogP contribution >= 0.6 is 11.3 Å². The molecule has 1 aliphatic rings. The van der Waals surface area contributed by atoms with Crippen LogP contribution in [0.1, 0.15) is 35.0 Å². The van der Waals surface area contributed by atoms with Crippen molar-refractivity contribution in [2.24, 2.45) is 0 Å². The number of nitrogens with one attached hydrogen (secondary N) is 1. The Bertz CT molecular complexity index is 521. The third-order valence-electron chi connectivity index (χ3n) is 3.68. The zero-order valence-corrected chi connectivity index (χ0v) is 11.7. The molecule has 102 valence electrons. The Morgan fingerprint density at radius 1 is 1.53 bits per heavy atom. The van der Waals surface area contributed by atoms with E-state index in [-0.39, 0.29) is 6.61 Å². The topological polar surface area (TPSA) is 50.1 Å². The van der Waals surface area contributed by atoms with Gasteiger partial charge in [0.15, 0.2) is 0 Å². The van der Waals surface area contributed by atoms with Gasteiger partial charge in [0.1, 0.15) is 0 Å². The lowest BCUT2D eigenvalue weighted by Crippen LogP contribution is -2.25. The number of aliphatic hydroxyl groups is 1. The molecule has 0 fully saturated rings. The van der Waals surface area contributed by atoms with Gasteiger partial charge in [-0.2, -0.15) is 5.10 Å². The predicted molar refractivity (Wildman–Crippen MR) is 76.2 cm³/mol. The Hall–Kier alpha value is -1.17. The molecule has 0 bridgehead atoms. The number of rotatable bonds is 5. The van der Waals surface area contributed by atoms with Crippen LogP contribution < -0.4 is 5.32 Å². The van der Waals surface area contributed by atoms with Crippen LogP contribution in [0.2, 0.25) is 0 Å². The molecule has 0 aromatic carbocycles. The minimum Gasteiger partial charge on any atom is -0.394 e. The maximum Gasteiger partial charge on any atom is 0.0644 e. The van der Waals surface area contributed by atoms with E-state index in [2.05, 4.69) is 27.9 Å². The fourth-order valence-electron chi connectivity index (χ4n) is 2.76. The van der Waals surface area contributed by atoms with Gasteiger partial charge in [0.25, 0.3) is 0 Å². The van der Waals surface area contributed by atoms with E-state index >= 15 is 0 Å². The number of fused-ring (bicyclic) bond motifs is 1. The number of hydrogen-bond acceptors (Lipinski definition) is 4. The lowest BCUT2D eigenvalue weighted by Gasteiger charge is -2.24. The first-order chi connectivity index (χ1) is 9.38. The number of nitrogens with zero attached hydrogens (tertiary/aromatic N) is 2. The second kappa shape index (κ2) is 5.86. The molecule has 0 aliphatic heterocycles. The first kappa shape index (κ1) is 12.8. The lowest BCUT2D eigenvalue weighted by atomic mass is 9.93. The van der Waals surface area contributed by atoms with Gasteiger partial charge in [0, 0.05) is 28.7 Å². The van der Waals surface area contributed by atoms with Gasteiger partial charge in [-0.15, -0.1) is 11.3 Å². The van der Waals surface area contributed by atoms with Gasteiger partial charge in [0.2, 0.25) is 0 Å². The summed E-state index contributed by atoms with van der Waals surface area (Å²) < 4.78 is 1.95. The molecule has 0 amide bonds. The van der Waals surface area contributed by atoms with Crippen LogP contribution in [0.5, 0.6) is 0 Å². The monoisotopic (exact) mass is 277 g/mol. The van der Waals surface area contributed by atoms with Crippen LogP contribution in [0.25, 0.3) is 0 Å². The number of aliphatic hydroxyl groups excluding tert-OH is 1. The molecular weight excluding hydrogens is 258 g/mol. The van der Waals surface area contributed by atoms with Crippen molar-refractivity contribution in [3.8, 4) is 0 Å². The Morgan fingerprint density at radius 2 is 2.47 bits per heavy atom. The molecule has 0 spiro atoms. The first-order valence-corrected chi connectivity index (χ1v) is 7.67. The van der Waals surface area contributed by atoms with E-state index < -0.39 is 0 Å². The zero-order valence-electron chi connectivity index (χ0n) is 10.9. The molecule has 3 rings (SSSR count). The zero-order chi connectivity index (χ0) is 13.1. The molecule has 4 nitrogen and oxygen atoms in total. The van der Waals surface area contributed by atoms with E-state index in [1.165, 1.54) is 29.0 Å². The van der Waals surface area contributed by atoms with Gasteiger partial charge in [0.05, 0.1) is 19.3 Å². The molecule has 19 heavy (non-hydrogen) atoms. The summed E-state index contributed by atoms with van der Waals surface area (Å²) in [6.07, 6.45) is 5.40. The number of aromatic nitrogens is 2. The van der Waals surface area contributed by atoms with Crippen LogP contribution in [0.3, 0.4) is 0 Å². The third-order valence-corrected chi connectivity index (χ3v) is 4.55. The SMILES string of the molecule is OCCn1ncc2c1CCCC2NCc1cccs1. The summed E-state index contributed by atoms with van der Waals surface area (Å²) in [6.45, 7) is 1.68. The highest BCUT2D eigenvalue weighted by molar-refractivity contribution is 7.09. The van der Waals surface area contributed by atoms with Gasteiger partial charge in [-0.3, -0.25) is 4.68 Å². The molecule has 1 atom stereocenters. The lowest BCUT2D eigenvalue weighted by molar-refractivity contribution is 0.266. The standard InChI is InChI=1S/C14H19N3OS/c18-7-6-17-14-5-1-4-13(12(14)10-16-17)15-9-11-3-2-8-19-11/h2-3,8,10,13,15,18H,1,4-7,9H2. The van der Waals surface area contributed by atoms with Crippen LogP contribution in [-0.4, -0.2) is 21.5 Å². The molecule has 2 N–H and O–H groups in total. The van der Waals surface area contributed by atoms with Crippen LogP contribution in [0, 0.1) is 0 Å². The van der Waals surface area contributed by atoms with Gasteiger partial charge in [-0.25, -0.2) is 0 Å². The Balaban J connectivity index is 1.71. The maximum atomic E-state index is 9.06. The number of hydrogen-bond donors (Lipinski definition) is 2. The minimum atomic E-state index is 0.154. The van der Waals surface area contributed by atoms with Crippen molar-refractivity contribution >= 4 is 11.3 Å². The third kappa shape index (κ3) is 2.73. The quantitative estimate of drug-likeness (QED) is 0.880. The van der Waals surface area contributed by atoms with Gasteiger partial charge < -0.3 is 10.4 Å². The van der Waals surface area contributed by atoms with Crippen LogP contribution in [0.4, 0.5) is 0 Å². The normalized spacial score (nSPS) is 18.5. The highest BCUT2D eigenvalue weighted by Crippen LogP contribution is 2.30. The average Bonchev–Trinajstić information content (AvgIpc) is 3.07. The number of thiophene rings is 1. The van der Waals surface area contributed by atoms with Crippen molar-refractivity contribution in [2.45, 2.75) is 38.4 Å². The molecule has 0 saturated heterocycles. The van der Waals surface area contributed by atoms with E-state index in [4.69, 9.17) is 5.11 Å². The largest absolute Gasteiger partial charge is 0.394 e. The molecule has 1 unspecified atom stereocenters. The van der Waals surface area contributed by atoms with E-state index in [1.54, 1.807) is 11.3 Å². The summed E-state index contributed by atoms with van der Waals surface area (Å²) in [7, 11) is 0. The summed E-state index contributed by atoms with van der Waals surface area (Å²) in [5.41, 5.74) is 2.61. The Morgan fingerprint density at radius 3 is 3.26 bits per heavy atom. The molecule has 2 aromatic heterocycles. The minimum absolute atomic E-state index is 0.154. The highest BCUT2D eigenvalue weighted by Gasteiger charge is 2.23. The smallest absolute Gasteiger partial charge is 0.0644 e. The van der Waals surface area contributed by atoms with Crippen molar-refractivity contribution < 1.29 is 5.11 Å². The second-order valence-corrected chi connectivity index (χ2v) is 5.93. The summed E-state index contributed by atoms with van der Waals surface area (Å²) in [4.78, 5) is 1.37. The summed E-state index contributed by atoms with van der Waals surface area (Å²) in [5, 5.41) is 19.2. The molecule has 2 heterocycles. The molecular formula is C14H19N3OS. The molecule has 0 saturated carbocycles. The van der Waals surface area contributed by atoms with Crippen molar-refractivity contribution in [3.63, 3.8) is 0 Å². The second-order valence-electron chi connectivity index (χ2n) is 4.90. The molecule has 5 heteroatoms. The Kier molecular flexibility index (Phi) is 3.96. The van der Waals surface area contributed by atoms with Crippen molar-refractivity contribution in [2.75, 3.05) is 6.61 Å². The van der Waals surface area contributed by atoms with Crippen molar-refractivity contribution in [1.82, 2.24) is 15.1 Å². The fourth-order valence-corrected chi connectivity index (χ4v) is 3.41. The van der Waals surface area contributed by atoms with Gasteiger partial charge in [-0.1, -0.05) is 6.07 Å². The van der Waals surface area contributed by atoms with Gasteiger partial charge in [-0.05, 0) is 30.7 Å². The highest BCUT2D eigenvalue weighted by atomic mass is 32.1. The van der Waals surface area contributed by atoms with Crippen molar-refractivity contribution in [3.05, 3.63) is 39.8 Å². The molecule has 1 aliphatic carbocycles. The summed E-state index contributed by atoms with van der Waals surface area (Å²) in [5.74, 6) is 0. The van der Waals surface area contributed by atoms with Gasteiger partial charge >= 0.3 is 0 Å². The molecule has 0 radical (unpaired) electrons. The van der Waals surface area contributed by atoms with E-state index in [0.29, 0.717) is 12.6 Å².